The fourth-order valence-corrected chi connectivity index (χ4v) is 3.91. The predicted octanol–water partition coefficient (Wildman–Crippen LogP) is 2.26. The maximum atomic E-state index is 12.5. The van der Waals surface area contributed by atoms with Gasteiger partial charge in [0.15, 0.2) is 6.10 Å². The summed E-state index contributed by atoms with van der Waals surface area (Å²) in [5.41, 5.74) is -0.369. The zero-order valence-electron chi connectivity index (χ0n) is 17.0. The highest BCUT2D eigenvalue weighted by Crippen LogP contribution is 2.31. The largest absolute Gasteiger partial charge is 0.496 e. The summed E-state index contributed by atoms with van der Waals surface area (Å²) in [6.07, 6.45) is 2.97. The first kappa shape index (κ1) is 21.5. The quantitative estimate of drug-likeness (QED) is 0.408. The Balaban J connectivity index is 1.59. The average molecular weight is 419 g/mol. The Morgan fingerprint density at radius 2 is 2.00 bits per heavy atom. The van der Waals surface area contributed by atoms with E-state index in [0.717, 1.165) is 25.7 Å². The molecule has 1 N–H and O–H groups in total. The molecule has 2 aliphatic rings. The molecule has 10 nitrogen and oxygen atoms in total. The highest BCUT2D eigenvalue weighted by atomic mass is 16.6. The lowest BCUT2D eigenvalue weighted by atomic mass is 10.1. The molecule has 3 rings (SSSR count). The van der Waals surface area contributed by atoms with Gasteiger partial charge in [0.2, 0.25) is 5.91 Å². The van der Waals surface area contributed by atoms with Crippen molar-refractivity contribution in [3.05, 3.63) is 28.3 Å². The summed E-state index contributed by atoms with van der Waals surface area (Å²) in [4.78, 5) is 49.5. The highest BCUT2D eigenvalue weighted by Gasteiger charge is 2.40. The number of rotatable bonds is 7. The third-order valence-corrected chi connectivity index (χ3v) is 5.58. The molecule has 0 radical (unpaired) electrons. The monoisotopic (exact) mass is 419 g/mol. The van der Waals surface area contributed by atoms with E-state index in [9.17, 15) is 24.5 Å². The van der Waals surface area contributed by atoms with Crippen molar-refractivity contribution in [3.8, 4) is 5.75 Å². The number of amides is 2. The number of nitro groups is 1. The van der Waals surface area contributed by atoms with Crippen LogP contribution in [0.4, 0.5) is 11.4 Å². The standard InChI is InChI=1S/C20H25N3O7/c1-12(19(25)21-16-8-7-15(29-2)10-17(16)23(27)28)30-20(26)13-9-18(24)22(11-13)14-5-3-4-6-14/h7-8,10,12-14H,3-6,9,11H2,1-2H3,(H,21,25)/t12-,13-/m0/s1. The molecule has 2 atom stereocenters. The second kappa shape index (κ2) is 9.10. The van der Waals surface area contributed by atoms with Gasteiger partial charge in [0.05, 0.1) is 24.0 Å². The number of nitrogens with one attached hydrogen (secondary N) is 1. The summed E-state index contributed by atoms with van der Waals surface area (Å²) >= 11 is 0. The summed E-state index contributed by atoms with van der Waals surface area (Å²) in [5, 5.41) is 13.7. The van der Waals surface area contributed by atoms with E-state index in [1.165, 1.54) is 32.2 Å². The van der Waals surface area contributed by atoms with Crippen molar-refractivity contribution in [1.29, 1.82) is 0 Å². The van der Waals surface area contributed by atoms with Crippen LogP contribution in [0.2, 0.25) is 0 Å². The number of nitro benzene ring substituents is 1. The molecule has 1 aromatic rings. The van der Waals surface area contributed by atoms with Gasteiger partial charge in [-0.05, 0) is 31.9 Å². The van der Waals surface area contributed by atoms with Gasteiger partial charge in [-0.2, -0.15) is 0 Å². The molecule has 0 spiro atoms. The lowest BCUT2D eigenvalue weighted by Gasteiger charge is -2.24. The van der Waals surface area contributed by atoms with Gasteiger partial charge in [0, 0.05) is 19.0 Å². The Labute approximate surface area is 173 Å². The molecule has 0 bridgehead atoms. The number of carbonyl (C=O) groups excluding carboxylic acids is 3. The summed E-state index contributed by atoms with van der Waals surface area (Å²) in [7, 11) is 1.38. The van der Waals surface area contributed by atoms with Gasteiger partial charge in [-0.1, -0.05) is 12.8 Å². The van der Waals surface area contributed by atoms with Crippen LogP contribution in [0.5, 0.6) is 5.75 Å². The number of benzene rings is 1. The van der Waals surface area contributed by atoms with Crippen LogP contribution in [-0.2, 0) is 19.1 Å². The first-order valence-corrected chi connectivity index (χ1v) is 9.93. The Morgan fingerprint density at radius 3 is 2.63 bits per heavy atom. The molecule has 0 aromatic heterocycles. The summed E-state index contributed by atoms with van der Waals surface area (Å²) in [6, 6.07) is 4.19. The number of likely N-dealkylation sites (tertiary alicyclic amines) is 1. The number of methoxy groups -OCH3 is 1. The minimum atomic E-state index is -1.17. The highest BCUT2D eigenvalue weighted by molar-refractivity contribution is 5.97. The molecule has 1 aliphatic heterocycles. The van der Waals surface area contributed by atoms with Crippen molar-refractivity contribution in [2.75, 3.05) is 19.0 Å². The van der Waals surface area contributed by atoms with Gasteiger partial charge in [-0.3, -0.25) is 24.5 Å². The Bertz CT molecular complexity index is 851. The lowest BCUT2D eigenvalue weighted by molar-refractivity contribution is -0.384. The zero-order valence-corrected chi connectivity index (χ0v) is 17.0. The van der Waals surface area contributed by atoms with E-state index in [1.54, 1.807) is 4.90 Å². The van der Waals surface area contributed by atoms with Gasteiger partial charge in [0.25, 0.3) is 11.6 Å². The van der Waals surface area contributed by atoms with Crippen LogP contribution >= 0.6 is 0 Å². The van der Waals surface area contributed by atoms with Crippen LogP contribution < -0.4 is 10.1 Å². The van der Waals surface area contributed by atoms with E-state index in [1.807, 2.05) is 0 Å². The van der Waals surface area contributed by atoms with Gasteiger partial charge < -0.3 is 19.7 Å². The maximum absolute atomic E-state index is 12.5. The van der Waals surface area contributed by atoms with Crippen molar-refractivity contribution in [3.63, 3.8) is 0 Å². The van der Waals surface area contributed by atoms with Crippen molar-refractivity contribution in [2.24, 2.45) is 5.92 Å². The smallest absolute Gasteiger partial charge is 0.312 e. The van der Waals surface area contributed by atoms with Gasteiger partial charge >= 0.3 is 5.97 Å². The van der Waals surface area contributed by atoms with Crippen molar-refractivity contribution in [1.82, 2.24) is 4.90 Å². The van der Waals surface area contributed by atoms with Gasteiger partial charge in [0.1, 0.15) is 11.4 Å². The van der Waals surface area contributed by atoms with Crippen LogP contribution in [0.25, 0.3) is 0 Å². The second-order valence-corrected chi connectivity index (χ2v) is 7.59. The number of ether oxygens (including phenoxy) is 2. The molecular weight excluding hydrogens is 394 g/mol. The van der Waals surface area contributed by atoms with Crippen molar-refractivity contribution >= 4 is 29.2 Å². The number of carbonyl (C=O) groups is 3. The minimum Gasteiger partial charge on any atom is -0.496 e. The van der Waals surface area contributed by atoms with Crippen molar-refractivity contribution in [2.45, 2.75) is 51.2 Å². The van der Waals surface area contributed by atoms with E-state index in [0.29, 0.717) is 6.54 Å². The SMILES string of the molecule is COc1ccc(NC(=O)[C@H](C)OC(=O)[C@H]2CC(=O)N(C3CCCC3)C2)c([N+](=O)[O-])c1. The normalized spacial score (nSPS) is 20.1. The summed E-state index contributed by atoms with van der Waals surface area (Å²) in [5.74, 6) is -1.71. The minimum absolute atomic E-state index is 0.0304. The van der Waals surface area contributed by atoms with Crippen LogP contribution in [0.3, 0.4) is 0 Å². The number of esters is 1. The van der Waals surface area contributed by atoms with E-state index in [4.69, 9.17) is 9.47 Å². The molecule has 1 aliphatic carbocycles. The van der Waals surface area contributed by atoms with Crippen LogP contribution in [-0.4, -0.2) is 53.4 Å². The lowest BCUT2D eigenvalue weighted by Crippen LogP contribution is -2.36. The van der Waals surface area contributed by atoms with Gasteiger partial charge in [-0.15, -0.1) is 0 Å². The van der Waals surface area contributed by atoms with Gasteiger partial charge in [-0.25, -0.2) is 0 Å². The van der Waals surface area contributed by atoms with E-state index in [-0.39, 0.29) is 35.5 Å². The molecule has 162 valence electrons. The Hall–Kier alpha value is -3.17. The van der Waals surface area contributed by atoms with E-state index >= 15 is 0 Å². The molecular formula is C20H25N3O7. The molecule has 1 saturated carbocycles. The number of nitrogens with zero attached hydrogens (tertiary/aromatic N) is 2. The molecule has 10 heteroatoms. The van der Waals surface area contributed by atoms with Crippen molar-refractivity contribution < 1.29 is 28.8 Å². The molecule has 1 saturated heterocycles. The number of hydrogen-bond acceptors (Lipinski definition) is 7. The third-order valence-electron chi connectivity index (χ3n) is 5.58. The number of anilines is 1. The number of hydrogen-bond donors (Lipinski definition) is 1. The average Bonchev–Trinajstić information content (AvgIpc) is 3.37. The molecule has 0 unspecified atom stereocenters. The summed E-state index contributed by atoms with van der Waals surface area (Å²) in [6.45, 7) is 1.69. The topological polar surface area (TPSA) is 128 Å². The predicted molar refractivity (Wildman–Crippen MR) is 106 cm³/mol. The Morgan fingerprint density at radius 1 is 1.30 bits per heavy atom. The Kier molecular flexibility index (Phi) is 6.53. The zero-order chi connectivity index (χ0) is 21.8. The third kappa shape index (κ3) is 4.69. The molecule has 2 amide bonds. The van der Waals surface area contributed by atoms with E-state index in [2.05, 4.69) is 5.32 Å². The van der Waals surface area contributed by atoms with Crippen LogP contribution in [0.1, 0.15) is 39.0 Å². The first-order valence-electron chi connectivity index (χ1n) is 9.93. The van der Waals surface area contributed by atoms with Crippen LogP contribution in [0.15, 0.2) is 18.2 Å². The van der Waals surface area contributed by atoms with Crippen LogP contribution in [0, 0.1) is 16.0 Å². The fourth-order valence-electron chi connectivity index (χ4n) is 3.91. The fraction of sp³-hybridized carbons (Fsp3) is 0.550. The molecule has 2 fully saturated rings. The molecule has 1 heterocycles. The second-order valence-electron chi connectivity index (χ2n) is 7.59. The van der Waals surface area contributed by atoms with E-state index < -0.39 is 28.8 Å². The first-order chi connectivity index (χ1) is 14.3. The maximum Gasteiger partial charge on any atom is 0.312 e. The molecule has 30 heavy (non-hydrogen) atoms. The summed E-state index contributed by atoms with van der Waals surface area (Å²) < 4.78 is 10.2. The molecule has 1 aromatic carbocycles.